The summed E-state index contributed by atoms with van der Waals surface area (Å²) < 4.78 is 10.9. The number of nitrogens with zero attached hydrogens (tertiary/aromatic N) is 1. The van der Waals surface area contributed by atoms with E-state index in [1.165, 1.54) is 19.4 Å². The van der Waals surface area contributed by atoms with Crippen molar-refractivity contribution in [2.75, 3.05) is 40.0 Å². The molecule has 0 bridgehead atoms. The number of methoxy groups -OCH3 is 1. The quantitative estimate of drug-likeness (QED) is 0.639. The third kappa shape index (κ3) is 6.69. The van der Waals surface area contributed by atoms with Crippen molar-refractivity contribution in [2.45, 2.75) is 51.2 Å². The van der Waals surface area contributed by atoms with E-state index < -0.39 is 0 Å². The van der Waals surface area contributed by atoms with E-state index >= 15 is 0 Å². The molecule has 0 aromatic rings. The minimum absolute atomic E-state index is 0.269. The summed E-state index contributed by atoms with van der Waals surface area (Å²) >= 11 is 0. The first-order valence-electron chi connectivity index (χ1n) is 7.34. The fraction of sp³-hybridized carbons (Fsp3) is 1.00. The molecular formula is C14H30N2O2. The van der Waals surface area contributed by atoms with E-state index in [1.807, 2.05) is 0 Å². The smallest absolute Gasteiger partial charge is 0.0702 e. The Morgan fingerprint density at radius 3 is 2.94 bits per heavy atom. The highest BCUT2D eigenvalue weighted by atomic mass is 16.5. The van der Waals surface area contributed by atoms with Gasteiger partial charge in [0.2, 0.25) is 0 Å². The fourth-order valence-corrected chi connectivity index (χ4v) is 2.51. The molecule has 1 aliphatic rings. The van der Waals surface area contributed by atoms with Crippen molar-refractivity contribution in [1.82, 2.24) is 4.90 Å². The molecule has 1 heterocycles. The molecule has 0 aromatic heterocycles. The molecule has 0 amide bonds. The fourth-order valence-electron chi connectivity index (χ4n) is 2.51. The molecular weight excluding hydrogens is 228 g/mol. The summed E-state index contributed by atoms with van der Waals surface area (Å²) in [6, 6.07) is 0.269. The third-order valence-electron chi connectivity index (χ3n) is 3.44. The molecule has 1 aliphatic heterocycles. The number of hydrogen-bond donors (Lipinski definition) is 1. The monoisotopic (exact) mass is 258 g/mol. The molecule has 4 heteroatoms. The maximum atomic E-state index is 6.15. The summed E-state index contributed by atoms with van der Waals surface area (Å²) in [5.74, 6) is 0. The Bertz CT molecular complexity index is 202. The average Bonchev–Trinajstić information content (AvgIpc) is 2.37. The molecule has 0 spiro atoms. The number of rotatable bonds is 9. The Labute approximate surface area is 112 Å². The Kier molecular flexibility index (Phi) is 8.59. The minimum atomic E-state index is 0.269. The van der Waals surface area contributed by atoms with E-state index in [0.717, 1.165) is 45.6 Å². The second kappa shape index (κ2) is 9.73. The van der Waals surface area contributed by atoms with Crippen LogP contribution in [0.2, 0.25) is 0 Å². The van der Waals surface area contributed by atoms with Gasteiger partial charge in [0.15, 0.2) is 0 Å². The average molecular weight is 258 g/mol. The lowest BCUT2D eigenvalue weighted by atomic mass is 10.1. The lowest BCUT2D eigenvalue weighted by molar-refractivity contribution is -0.00164. The molecule has 1 rings (SSSR count). The van der Waals surface area contributed by atoms with Crippen molar-refractivity contribution in [3.63, 3.8) is 0 Å². The SMILES string of the molecule is CCCOC1CCCN(CC(N)CCCOC)C1. The molecule has 2 N–H and O–H groups in total. The number of likely N-dealkylation sites (tertiary alicyclic amines) is 1. The summed E-state index contributed by atoms with van der Waals surface area (Å²) in [4.78, 5) is 2.46. The van der Waals surface area contributed by atoms with Crippen LogP contribution in [0.1, 0.15) is 39.0 Å². The highest BCUT2D eigenvalue weighted by Crippen LogP contribution is 2.14. The van der Waals surface area contributed by atoms with E-state index in [1.54, 1.807) is 7.11 Å². The van der Waals surface area contributed by atoms with Crippen molar-refractivity contribution in [1.29, 1.82) is 0 Å². The van der Waals surface area contributed by atoms with Crippen molar-refractivity contribution in [2.24, 2.45) is 5.73 Å². The van der Waals surface area contributed by atoms with Crippen molar-refractivity contribution < 1.29 is 9.47 Å². The zero-order chi connectivity index (χ0) is 13.2. The van der Waals surface area contributed by atoms with Gasteiger partial charge >= 0.3 is 0 Å². The molecule has 108 valence electrons. The molecule has 0 aliphatic carbocycles. The second-order valence-electron chi connectivity index (χ2n) is 5.29. The Morgan fingerprint density at radius 2 is 2.22 bits per heavy atom. The van der Waals surface area contributed by atoms with Crippen LogP contribution in [-0.4, -0.2) is 57.0 Å². The molecule has 1 fully saturated rings. The van der Waals surface area contributed by atoms with Gasteiger partial charge in [-0.05, 0) is 38.6 Å². The van der Waals surface area contributed by atoms with Crippen LogP contribution in [-0.2, 0) is 9.47 Å². The van der Waals surface area contributed by atoms with Crippen LogP contribution in [0.3, 0.4) is 0 Å². The summed E-state index contributed by atoms with van der Waals surface area (Å²) in [5, 5.41) is 0. The summed E-state index contributed by atoms with van der Waals surface area (Å²) in [6.07, 6.45) is 6.07. The van der Waals surface area contributed by atoms with Gasteiger partial charge in [-0.25, -0.2) is 0 Å². The van der Waals surface area contributed by atoms with Gasteiger partial charge in [0.05, 0.1) is 6.10 Å². The van der Waals surface area contributed by atoms with E-state index in [4.69, 9.17) is 15.2 Å². The van der Waals surface area contributed by atoms with Crippen molar-refractivity contribution >= 4 is 0 Å². The standard InChI is InChI=1S/C14H30N2O2/c1-3-9-18-14-7-4-8-16(12-14)11-13(15)6-5-10-17-2/h13-14H,3-12,15H2,1-2H3. The molecule has 0 radical (unpaired) electrons. The van der Waals surface area contributed by atoms with Crippen LogP contribution in [0.15, 0.2) is 0 Å². The predicted octanol–water partition coefficient (Wildman–Crippen LogP) is 1.63. The van der Waals surface area contributed by atoms with Crippen LogP contribution >= 0.6 is 0 Å². The van der Waals surface area contributed by atoms with Gasteiger partial charge in [-0.2, -0.15) is 0 Å². The van der Waals surface area contributed by atoms with Crippen LogP contribution in [0.5, 0.6) is 0 Å². The normalized spacial score (nSPS) is 23.2. The summed E-state index contributed by atoms with van der Waals surface area (Å²) in [6.45, 7) is 7.08. The number of piperidine rings is 1. The third-order valence-corrected chi connectivity index (χ3v) is 3.44. The minimum Gasteiger partial charge on any atom is -0.385 e. The maximum absolute atomic E-state index is 6.15. The molecule has 2 unspecified atom stereocenters. The molecule has 18 heavy (non-hydrogen) atoms. The van der Waals surface area contributed by atoms with Crippen LogP contribution in [0.4, 0.5) is 0 Å². The van der Waals surface area contributed by atoms with Gasteiger partial charge in [-0.1, -0.05) is 6.92 Å². The van der Waals surface area contributed by atoms with Crippen LogP contribution in [0.25, 0.3) is 0 Å². The number of hydrogen-bond acceptors (Lipinski definition) is 4. The molecule has 1 saturated heterocycles. The van der Waals surface area contributed by atoms with Crippen molar-refractivity contribution in [3.05, 3.63) is 0 Å². The van der Waals surface area contributed by atoms with Gasteiger partial charge < -0.3 is 15.2 Å². The zero-order valence-corrected chi connectivity index (χ0v) is 12.1. The largest absolute Gasteiger partial charge is 0.385 e. The van der Waals surface area contributed by atoms with E-state index in [-0.39, 0.29) is 6.04 Å². The molecule has 0 saturated carbocycles. The Balaban J connectivity index is 2.16. The maximum Gasteiger partial charge on any atom is 0.0702 e. The van der Waals surface area contributed by atoms with Crippen LogP contribution in [0, 0.1) is 0 Å². The van der Waals surface area contributed by atoms with E-state index in [9.17, 15) is 0 Å². The Hall–Kier alpha value is -0.160. The van der Waals surface area contributed by atoms with Gasteiger partial charge in [0.25, 0.3) is 0 Å². The topological polar surface area (TPSA) is 47.7 Å². The summed E-state index contributed by atoms with van der Waals surface area (Å²) in [7, 11) is 1.74. The van der Waals surface area contributed by atoms with E-state index in [0.29, 0.717) is 6.10 Å². The first kappa shape index (κ1) is 15.9. The second-order valence-corrected chi connectivity index (χ2v) is 5.29. The lowest BCUT2D eigenvalue weighted by Gasteiger charge is -2.34. The summed E-state index contributed by atoms with van der Waals surface area (Å²) in [5.41, 5.74) is 6.15. The molecule has 4 nitrogen and oxygen atoms in total. The number of nitrogens with two attached hydrogens (primary N) is 1. The van der Waals surface area contributed by atoms with Gasteiger partial charge in [-0.15, -0.1) is 0 Å². The number of ether oxygens (including phenoxy) is 2. The predicted molar refractivity (Wildman–Crippen MR) is 74.8 cm³/mol. The van der Waals surface area contributed by atoms with Gasteiger partial charge in [0, 0.05) is 39.5 Å². The van der Waals surface area contributed by atoms with Crippen molar-refractivity contribution in [3.8, 4) is 0 Å². The van der Waals surface area contributed by atoms with E-state index in [2.05, 4.69) is 11.8 Å². The van der Waals surface area contributed by atoms with Crippen LogP contribution < -0.4 is 5.73 Å². The van der Waals surface area contributed by atoms with Gasteiger partial charge in [-0.3, -0.25) is 4.90 Å². The lowest BCUT2D eigenvalue weighted by Crippen LogP contribution is -2.45. The first-order chi connectivity index (χ1) is 8.76. The highest BCUT2D eigenvalue weighted by Gasteiger charge is 2.21. The zero-order valence-electron chi connectivity index (χ0n) is 12.1. The van der Waals surface area contributed by atoms with Gasteiger partial charge in [0.1, 0.15) is 0 Å². The highest BCUT2D eigenvalue weighted by molar-refractivity contribution is 4.77. The Morgan fingerprint density at radius 1 is 1.39 bits per heavy atom. The molecule has 0 aromatic carbocycles. The first-order valence-corrected chi connectivity index (χ1v) is 7.34. The molecule has 2 atom stereocenters.